The summed E-state index contributed by atoms with van der Waals surface area (Å²) in [6.45, 7) is 4.84. The van der Waals surface area contributed by atoms with Gasteiger partial charge in [-0.2, -0.15) is 0 Å². The highest BCUT2D eigenvalue weighted by Crippen LogP contribution is 2.24. The number of hydrogen-bond acceptors (Lipinski definition) is 7. The Kier molecular flexibility index (Phi) is 5.69. The van der Waals surface area contributed by atoms with E-state index in [0.29, 0.717) is 44.6 Å². The van der Waals surface area contributed by atoms with E-state index < -0.39 is 0 Å². The summed E-state index contributed by atoms with van der Waals surface area (Å²) >= 11 is 0. The molecule has 1 saturated heterocycles. The Morgan fingerprint density at radius 2 is 1.79 bits per heavy atom. The minimum Gasteiger partial charge on any atom is -0.352 e. The smallest absolute Gasteiger partial charge is 0.225 e. The number of nitrogens with zero attached hydrogens (tertiary/aromatic N) is 5. The van der Waals surface area contributed by atoms with Gasteiger partial charge in [0.1, 0.15) is 11.6 Å². The molecule has 0 radical (unpaired) electrons. The second-order valence-corrected chi connectivity index (χ2v) is 7.75. The lowest BCUT2D eigenvalue weighted by molar-refractivity contribution is -0.137. The van der Waals surface area contributed by atoms with Gasteiger partial charge in [-0.1, -0.05) is 0 Å². The van der Waals surface area contributed by atoms with Crippen molar-refractivity contribution in [2.45, 2.75) is 32.6 Å². The summed E-state index contributed by atoms with van der Waals surface area (Å²) in [4.78, 5) is 32.4. The minimum atomic E-state index is 0.0135. The predicted molar refractivity (Wildman–Crippen MR) is 110 cm³/mol. The van der Waals surface area contributed by atoms with Gasteiger partial charge in [0.15, 0.2) is 11.6 Å². The van der Waals surface area contributed by atoms with Gasteiger partial charge >= 0.3 is 0 Å². The molecule has 8 heteroatoms. The summed E-state index contributed by atoms with van der Waals surface area (Å²) in [5.74, 6) is 2.70. The van der Waals surface area contributed by atoms with Crippen LogP contribution in [0.5, 0.6) is 0 Å². The third-order valence-corrected chi connectivity index (χ3v) is 5.63. The van der Waals surface area contributed by atoms with Crippen molar-refractivity contribution in [3.8, 4) is 0 Å². The fraction of sp³-hybridized carbons (Fsp3) is 0.476. The first-order valence-electron chi connectivity index (χ1n) is 10.2. The molecule has 1 saturated carbocycles. The largest absolute Gasteiger partial charge is 0.352 e. The highest BCUT2D eigenvalue weighted by atomic mass is 16.2. The molecular weight excluding hydrogens is 368 g/mol. The number of ketones is 1. The fourth-order valence-electron chi connectivity index (χ4n) is 3.90. The lowest BCUT2D eigenvalue weighted by atomic mass is 9.87. The molecule has 0 unspecified atom stereocenters. The molecule has 0 atom stereocenters. The molecule has 1 amide bonds. The standard InChI is InChI=1S/C21H26N6O2/c1-15-8-9-22-19(14-15)23-18-6-7-20(25-24-18)26-10-12-27(13-11-26)21(29)16-2-4-17(28)5-3-16/h6-9,14,16H,2-5,10-13H2,1H3,(H,22,23,24). The van der Waals surface area contributed by atoms with Gasteiger partial charge in [0.25, 0.3) is 0 Å². The van der Waals surface area contributed by atoms with Crippen LogP contribution in [0.3, 0.4) is 0 Å². The number of pyridine rings is 1. The summed E-state index contributed by atoms with van der Waals surface area (Å²) in [5.41, 5.74) is 1.12. The number of piperazine rings is 1. The van der Waals surface area contributed by atoms with Crippen LogP contribution in [0.4, 0.5) is 17.5 Å². The number of aryl methyl sites for hydroxylation is 1. The number of aromatic nitrogens is 3. The van der Waals surface area contributed by atoms with Crippen LogP contribution in [0, 0.1) is 12.8 Å². The highest BCUT2D eigenvalue weighted by Gasteiger charge is 2.30. The molecule has 0 aromatic carbocycles. The van der Waals surface area contributed by atoms with E-state index in [1.165, 1.54) is 0 Å². The van der Waals surface area contributed by atoms with Crippen LogP contribution in [0.2, 0.25) is 0 Å². The van der Waals surface area contributed by atoms with Crippen molar-refractivity contribution in [1.82, 2.24) is 20.1 Å². The van der Waals surface area contributed by atoms with E-state index in [2.05, 4.69) is 25.4 Å². The third kappa shape index (κ3) is 4.70. The molecule has 1 N–H and O–H groups in total. The van der Waals surface area contributed by atoms with Gasteiger partial charge in [-0.05, 0) is 49.6 Å². The van der Waals surface area contributed by atoms with Crippen LogP contribution < -0.4 is 10.2 Å². The zero-order valence-corrected chi connectivity index (χ0v) is 16.7. The van der Waals surface area contributed by atoms with Gasteiger partial charge in [0, 0.05) is 51.1 Å². The zero-order chi connectivity index (χ0) is 20.2. The number of rotatable bonds is 4. The Morgan fingerprint density at radius 1 is 1.03 bits per heavy atom. The molecule has 0 bridgehead atoms. The number of hydrogen-bond donors (Lipinski definition) is 1. The second-order valence-electron chi connectivity index (χ2n) is 7.75. The molecule has 152 valence electrons. The van der Waals surface area contributed by atoms with Crippen molar-refractivity contribution in [2.24, 2.45) is 5.92 Å². The maximum Gasteiger partial charge on any atom is 0.225 e. The molecule has 2 fully saturated rings. The summed E-state index contributed by atoms with van der Waals surface area (Å²) in [5, 5.41) is 11.7. The van der Waals surface area contributed by atoms with E-state index in [1.807, 2.05) is 36.1 Å². The molecule has 4 rings (SSSR count). The Bertz CT molecular complexity index is 867. The SMILES string of the molecule is Cc1ccnc(Nc2ccc(N3CCN(C(=O)C4CCC(=O)CC4)CC3)nn2)c1. The molecule has 2 aliphatic rings. The van der Waals surface area contributed by atoms with Crippen LogP contribution in [0.1, 0.15) is 31.2 Å². The van der Waals surface area contributed by atoms with E-state index in [9.17, 15) is 9.59 Å². The molecule has 2 aromatic heterocycles. The van der Waals surface area contributed by atoms with Crippen molar-refractivity contribution >= 4 is 29.1 Å². The van der Waals surface area contributed by atoms with Crippen molar-refractivity contribution in [3.63, 3.8) is 0 Å². The van der Waals surface area contributed by atoms with Crippen LogP contribution in [-0.2, 0) is 9.59 Å². The second kappa shape index (κ2) is 8.55. The molecule has 29 heavy (non-hydrogen) atoms. The average Bonchev–Trinajstić information content (AvgIpc) is 2.75. The molecule has 1 aliphatic carbocycles. The summed E-state index contributed by atoms with van der Waals surface area (Å²) in [6, 6.07) is 7.73. The van der Waals surface area contributed by atoms with E-state index in [0.717, 1.165) is 30.3 Å². The van der Waals surface area contributed by atoms with Gasteiger partial charge in [-0.25, -0.2) is 4.98 Å². The topological polar surface area (TPSA) is 91.3 Å². The van der Waals surface area contributed by atoms with Gasteiger partial charge in [0.05, 0.1) is 0 Å². The van der Waals surface area contributed by atoms with E-state index in [4.69, 9.17) is 0 Å². The maximum absolute atomic E-state index is 12.7. The minimum absolute atomic E-state index is 0.0135. The van der Waals surface area contributed by atoms with Gasteiger partial charge in [-0.15, -0.1) is 10.2 Å². The molecule has 3 heterocycles. The van der Waals surface area contributed by atoms with E-state index in [-0.39, 0.29) is 17.6 Å². The first-order valence-corrected chi connectivity index (χ1v) is 10.2. The fourth-order valence-corrected chi connectivity index (χ4v) is 3.90. The Hall–Kier alpha value is -3.03. The normalized spacial score (nSPS) is 18.0. The number of Topliss-reactive ketones (excluding diaryl/α,β-unsaturated/α-hetero) is 1. The highest BCUT2D eigenvalue weighted by molar-refractivity contribution is 5.84. The third-order valence-electron chi connectivity index (χ3n) is 5.63. The van der Waals surface area contributed by atoms with E-state index in [1.54, 1.807) is 6.20 Å². The maximum atomic E-state index is 12.7. The number of anilines is 3. The average molecular weight is 394 g/mol. The number of carbonyl (C=O) groups excluding carboxylic acids is 2. The molecular formula is C21H26N6O2. The first kappa shape index (κ1) is 19.3. The van der Waals surface area contributed by atoms with Crippen LogP contribution in [-0.4, -0.2) is 58.0 Å². The van der Waals surface area contributed by atoms with Gasteiger partial charge in [-0.3, -0.25) is 9.59 Å². The van der Waals surface area contributed by atoms with Gasteiger partial charge < -0.3 is 15.1 Å². The predicted octanol–water partition coefficient (Wildman–Crippen LogP) is 2.33. The van der Waals surface area contributed by atoms with Crippen LogP contribution >= 0.6 is 0 Å². The molecule has 8 nitrogen and oxygen atoms in total. The molecule has 0 spiro atoms. The van der Waals surface area contributed by atoms with Gasteiger partial charge in [0.2, 0.25) is 5.91 Å². The number of carbonyl (C=O) groups is 2. The van der Waals surface area contributed by atoms with Crippen molar-refractivity contribution in [1.29, 1.82) is 0 Å². The lowest BCUT2D eigenvalue weighted by Gasteiger charge is -2.37. The Morgan fingerprint density at radius 3 is 2.45 bits per heavy atom. The lowest BCUT2D eigenvalue weighted by Crippen LogP contribution is -2.51. The van der Waals surface area contributed by atoms with Crippen molar-refractivity contribution in [3.05, 3.63) is 36.0 Å². The Balaban J connectivity index is 1.30. The van der Waals surface area contributed by atoms with Crippen molar-refractivity contribution < 1.29 is 9.59 Å². The summed E-state index contributed by atoms with van der Waals surface area (Å²) < 4.78 is 0. The summed E-state index contributed by atoms with van der Waals surface area (Å²) in [7, 11) is 0. The number of amides is 1. The zero-order valence-electron chi connectivity index (χ0n) is 16.7. The monoisotopic (exact) mass is 394 g/mol. The van der Waals surface area contributed by atoms with Crippen LogP contribution in [0.25, 0.3) is 0 Å². The molecule has 2 aromatic rings. The number of nitrogens with one attached hydrogen (secondary N) is 1. The first-order chi connectivity index (χ1) is 14.1. The van der Waals surface area contributed by atoms with E-state index >= 15 is 0 Å². The summed E-state index contributed by atoms with van der Waals surface area (Å²) in [6.07, 6.45) is 4.25. The Labute approximate surface area is 170 Å². The molecule has 1 aliphatic heterocycles. The quantitative estimate of drug-likeness (QED) is 0.851. The van der Waals surface area contributed by atoms with Crippen molar-refractivity contribution in [2.75, 3.05) is 36.4 Å². The van der Waals surface area contributed by atoms with Crippen LogP contribution in [0.15, 0.2) is 30.5 Å².